The van der Waals surface area contributed by atoms with E-state index < -0.39 is 5.60 Å². The second-order valence-electron chi connectivity index (χ2n) is 8.88. The van der Waals surface area contributed by atoms with Crippen LogP contribution in [0.25, 0.3) is 11.1 Å². The van der Waals surface area contributed by atoms with Gasteiger partial charge in [-0.15, -0.1) is 0 Å². The summed E-state index contributed by atoms with van der Waals surface area (Å²) in [5.41, 5.74) is 5.97. The number of amides is 1. The topological polar surface area (TPSA) is 51.7 Å². The summed E-state index contributed by atoms with van der Waals surface area (Å²) in [7, 11) is 0. The lowest BCUT2D eigenvalue weighted by atomic mass is 10.00. The van der Waals surface area contributed by atoms with E-state index in [1.807, 2.05) is 70.2 Å². The predicted molar refractivity (Wildman–Crippen MR) is 121 cm³/mol. The Labute approximate surface area is 183 Å². The Morgan fingerprint density at radius 2 is 1.74 bits per heavy atom. The van der Waals surface area contributed by atoms with Gasteiger partial charge in [0.05, 0.1) is 0 Å². The number of pyridine rings is 1. The molecule has 0 radical (unpaired) electrons. The number of carbonyl (C=O) groups is 1. The third-order valence-corrected chi connectivity index (χ3v) is 5.18. The van der Waals surface area contributed by atoms with Crippen molar-refractivity contribution in [3.05, 3.63) is 83.0 Å². The van der Waals surface area contributed by atoms with Gasteiger partial charge in [0, 0.05) is 30.4 Å². The molecule has 0 N–H and O–H groups in total. The van der Waals surface area contributed by atoms with Crippen LogP contribution in [0.4, 0.5) is 4.79 Å². The summed E-state index contributed by atoms with van der Waals surface area (Å²) < 4.78 is 11.4. The summed E-state index contributed by atoms with van der Waals surface area (Å²) in [6, 6.07) is 20.3. The first kappa shape index (κ1) is 20.9. The summed E-state index contributed by atoms with van der Waals surface area (Å²) in [5.74, 6) is 0.613. The van der Waals surface area contributed by atoms with Crippen LogP contribution in [-0.4, -0.2) is 21.6 Å². The molecule has 0 unspecified atom stereocenters. The van der Waals surface area contributed by atoms with Crippen LogP contribution in [-0.2, 0) is 24.4 Å². The van der Waals surface area contributed by atoms with Gasteiger partial charge in [-0.05, 0) is 62.1 Å². The zero-order valence-corrected chi connectivity index (χ0v) is 18.5. The minimum absolute atomic E-state index is 0.275. The van der Waals surface area contributed by atoms with Crippen molar-refractivity contribution in [2.75, 3.05) is 0 Å². The van der Waals surface area contributed by atoms with Crippen LogP contribution in [0, 0.1) is 6.92 Å². The second-order valence-corrected chi connectivity index (χ2v) is 8.88. The molecular formula is C26H28N2O3. The summed E-state index contributed by atoms with van der Waals surface area (Å²) in [6.07, 6.45) is -0.275. The van der Waals surface area contributed by atoms with Crippen LogP contribution in [0.3, 0.4) is 0 Å². The average Bonchev–Trinajstić information content (AvgIpc) is 3.15. The maximum atomic E-state index is 12.4. The molecule has 0 atom stereocenters. The van der Waals surface area contributed by atoms with Gasteiger partial charge in [0.15, 0.2) is 0 Å². The van der Waals surface area contributed by atoms with Crippen molar-refractivity contribution in [1.82, 2.24) is 9.88 Å². The summed E-state index contributed by atoms with van der Waals surface area (Å²) in [6.45, 7) is 9.27. The van der Waals surface area contributed by atoms with Crippen molar-refractivity contribution in [3.63, 3.8) is 0 Å². The van der Waals surface area contributed by atoms with Gasteiger partial charge in [0.25, 0.3) is 0 Å². The number of aryl methyl sites for hydroxylation is 1. The maximum absolute atomic E-state index is 12.4. The highest BCUT2D eigenvalue weighted by Crippen LogP contribution is 2.31. The van der Waals surface area contributed by atoms with Gasteiger partial charge < -0.3 is 9.47 Å². The first-order valence-corrected chi connectivity index (χ1v) is 10.5. The van der Waals surface area contributed by atoms with Crippen molar-refractivity contribution in [3.8, 4) is 17.0 Å². The van der Waals surface area contributed by atoms with Crippen LogP contribution in [0.2, 0.25) is 0 Å². The minimum atomic E-state index is -0.496. The predicted octanol–water partition coefficient (Wildman–Crippen LogP) is 5.89. The van der Waals surface area contributed by atoms with E-state index in [0.29, 0.717) is 25.6 Å². The molecule has 160 valence electrons. The number of fused-ring (bicyclic) bond motifs is 1. The normalized spacial score (nSPS) is 13.1. The van der Waals surface area contributed by atoms with Gasteiger partial charge in [0.1, 0.15) is 12.2 Å². The minimum Gasteiger partial charge on any atom is -0.473 e. The fraction of sp³-hybridized carbons (Fsp3) is 0.308. The quantitative estimate of drug-likeness (QED) is 0.532. The number of carbonyl (C=O) groups excluding carboxylic acids is 1. The average molecular weight is 417 g/mol. The van der Waals surface area contributed by atoms with Crippen LogP contribution < -0.4 is 4.74 Å². The first-order chi connectivity index (χ1) is 14.8. The van der Waals surface area contributed by atoms with E-state index in [4.69, 9.17) is 9.47 Å². The number of ether oxygens (including phenoxy) is 2. The Morgan fingerprint density at radius 3 is 2.45 bits per heavy atom. The molecular weight excluding hydrogens is 388 g/mol. The smallest absolute Gasteiger partial charge is 0.410 e. The van der Waals surface area contributed by atoms with Crippen LogP contribution in [0.5, 0.6) is 5.88 Å². The van der Waals surface area contributed by atoms with E-state index in [9.17, 15) is 4.79 Å². The lowest BCUT2D eigenvalue weighted by Crippen LogP contribution is -2.33. The van der Waals surface area contributed by atoms with Crippen molar-refractivity contribution in [2.24, 2.45) is 0 Å². The largest absolute Gasteiger partial charge is 0.473 e. The fourth-order valence-electron chi connectivity index (χ4n) is 3.67. The van der Waals surface area contributed by atoms with Crippen LogP contribution in [0.15, 0.2) is 60.7 Å². The molecule has 0 saturated carbocycles. The molecule has 5 heteroatoms. The first-order valence-electron chi connectivity index (χ1n) is 10.5. The highest BCUT2D eigenvalue weighted by Gasteiger charge is 2.28. The molecule has 0 bridgehead atoms. The summed E-state index contributed by atoms with van der Waals surface area (Å²) in [4.78, 5) is 18.8. The molecule has 3 aromatic rings. The van der Waals surface area contributed by atoms with E-state index in [0.717, 1.165) is 33.5 Å². The van der Waals surface area contributed by atoms with E-state index in [-0.39, 0.29) is 6.09 Å². The van der Waals surface area contributed by atoms with Crippen molar-refractivity contribution in [1.29, 1.82) is 0 Å². The third kappa shape index (κ3) is 5.05. The Morgan fingerprint density at radius 1 is 1.00 bits per heavy atom. The molecule has 0 fully saturated rings. The molecule has 2 heterocycles. The standard InChI is InChI=1S/C26H28N2O3/c1-18-23(12-13-24(27-18)30-17-19-8-6-5-7-9-19)20-10-11-21-15-28(16-22(21)14-20)25(29)31-26(2,3)4/h5-14H,15-17H2,1-4H3. The number of hydrogen-bond acceptors (Lipinski definition) is 4. The summed E-state index contributed by atoms with van der Waals surface area (Å²) in [5, 5.41) is 0. The molecule has 1 aliphatic heterocycles. The fourth-order valence-corrected chi connectivity index (χ4v) is 3.67. The van der Waals surface area contributed by atoms with E-state index >= 15 is 0 Å². The van der Waals surface area contributed by atoms with Crippen molar-refractivity contribution in [2.45, 2.75) is 53.0 Å². The Balaban J connectivity index is 1.46. The SMILES string of the molecule is Cc1nc(OCc2ccccc2)ccc1-c1ccc2c(c1)CN(C(=O)OC(C)(C)C)C2. The van der Waals surface area contributed by atoms with Crippen LogP contribution in [0.1, 0.15) is 43.2 Å². The van der Waals surface area contributed by atoms with Crippen LogP contribution >= 0.6 is 0 Å². The number of nitrogens with zero attached hydrogens (tertiary/aromatic N) is 2. The molecule has 0 aliphatic carbocycles. The number of rotatable bonds is 4. The molecule has 1 aromatic heterocycles. The highest BCUT2D eigenvalue weighted by atomic mass is 16.6. The Kier molecular flexibility index (Phi) is 5.68. The van der Waals surface area contributed by atoms with Gasteiger partial charge in [-0.2, -0.15) is 0 Å². The molecule has 5 nitrogen and oxygen atoms in total. The van der Waals surface area contributed by atoms with E-state index in [2.05, 4.69) is 23.2 Å². The molecule has 0 saturated heterocycles. The Hall–Kier alpha value is -3.34. The lowest BCUT2D eigenvalue weighted by molar-refractivity contribution is 0.0242. The number of aromatic nitrogens is 1. The van der Waals surface area contributed by atoms with Gasteiger partial charge in [-0.1, -0.05) is 42.5 Å². The molecule has 0 spiro atoms. The zero-order valence-electron chi connectivity index (χ0n) is 18.5. The number of benzene rings is 2. The van der Waals surface area contributed by atoms with Crippen molar-refractivity contribution < 1.29 is 14.3 Å². The van der Waals surface area contributed by atoms with E-state index in [1.165, 1.54) is 0 Å². The molecule has 31 heavy (non-hydrogen) atoms. The highest BCUT2D eigenvalue weighted by molar-refractivity contribution is 5.71. The van der Waals surface area contributed by atoms with Gasteiger partial charge in [0.2, 0.25) is 5.88 Å². The monoisotopic (exact) mass is 416 g/mol. The molecule has 1 aliphatic rings. The molecule has 1 amide bonds. The Bertz CT molecular complexity index is 1090. The number of hydrogen-bond donors (Lipinski definition) is 0. The van der Waals surface area contributed by atoms with E-state index in [1.54, 1.807) is 4.90 Å². The van der Waals surface area contributed by atoms with Gasteiger partial charge in [-0.3, -0.25) is 4.90 Å². The summed E-state index contributed by atoms with van der Waals surface area (Å²) >= 11 is 0. The van der Waals surface area contributed by atoms with Crippen molar-refractivity contribution >= 4 is 6.09 Å². The van der Waals surface area contributed by atoms with Gasteiger partial charge >= 0.3 is 6.09 Å². The zero-order chi connectivity index (χ0) is 22.0. The third-order valence-electron chi connectivity index (χ3n) is 5.18. The lowest BCUT2D eigenvalue weighted by Gasteiger charge is -2.24. The second kappa shape index (κ2) is 8.42. The molecule has 2 aromatic carbocycles. The van der Waals surface area contributed by atoms with Gasteiger partial charge in [-0.25, -0.2) is 9.78 Å². The molecule has 4 rings (SSSR count). The maximum Gasteiger partial charge on any atom is 0.410 e.